The maximum Gasteiger partial charge on any atom is 0.418 e. The first kappa shape index (κ1) is 17.0. The van der Waals surface area contributed by atoms with E-state index < -0.39 is 11.7 Å². The second-order valence-electron chi connectivity index (χ2n) is 5.83. The maximum atomic E-state index is 13.3. The molecule has 0 amide bonds. The van der Waals surface area contributed by atoms with E-state index in [-0.39, 0.29) is 11.3 Å². The van der Waals surface area contributed by atoms with Crippen LogP contribution in [0.3, 0.4) is 0 Å². The minimum atomic E-state index is -4.50. The molecule has 2 heterocycles. The van der Waals surface area contributed by atoms with Gasteiger partial charge < -0.3 is 9.80 Å². The van der Waals surface area contributed by atoms with Gasteiger partial charge >= 0.3 is 6.18 Å². The molecule has 0 aliphatic carbocycles. The average Bonchev–Trinajstić information content (AvgIpc) is 2.60. The number of aromatic nitrogens is 2. The molecule has 1 aromatic heterocycles. The number of benzene rings is 1. The first-order chi connectivity index (χ1) is 11.9. The molecule has 1 aliphatic heterocycles. The van der Waals surface area contributed by atoms with Gasteiger partial charge in [-0.1, -0.05) is 0 Å². The summed E-state index contributed by atoms with van der Waals surface area (Å²) in [4.78, 5) is 12.0. The second kappa shape index (κ2) is 6.59. The molecule has 0 N–H and O–H groups in total. The van der Waals surface area contributed by atoms with Crippen molar-refractivity contribution in [3.05, 3.63) is 47.4 Å². The van der Waals surface area contributed by atoms with E-state index in [0.29, 0.717) is 26.2 Å². The number of hydrogen-bond donors (Lipinski definition) is 0. The molecule has 1 saturated heterocycles. The summed E-state index contributed by atoms with van der Waals surface area (Å²) in [6, 6.07) is 7.34. The molecule has 0 spiro atoms. The molecule has 1 aromatic carbocycles. The van der Waals surface area contributed by atoms with Crippen LogP contribution in [0.1, 0.15) is 16.8 Å². The fourth-order valence-corrected chi connectivity index (χ4v) is 2.90. The van der Waals surface area contributed by atoms with Crippen LogP contribution in [0.5, 0.6) is 0 Å². The molecule has 0 atom stereocenters. The number of hydrogen-bond acceptors (Lipinski definition) is 5. The highest BCUT2D eigenvalue weighted by atomic mass is 19.4. The Morgan fingerprint density at radius 3 is 2.32 bits per heavy atom. The van der Waals surface area contributed by atoms with E-state index in [1.54, 1.807) is 11.0 Å². The SMILES string of the molecule is Cc1cc(N2CCN(c3ccc(C#N)cc3C(F)(F)F)CC2)ncn1. The van der Waals surface area contributed by atoms with Gasteiger partial charge in [0.05, 0.1) is 17.2 Å². The summed E-state index contributed by atoms with van der Waals surface area (Å²) in [5.41, 5.74) is 0.202. The van der Waals surface area contributed by atoms with E-state index in [1.165, 1.54) is 18.5 Å². The van der Waals surface area contributed by atoms with Gasteiger partial charge in [-0.3, -0.25) is 0 Å². The minimum Gasteiger partial charge on any atom is -0.367 e. The summed E-state index contributed by atoms with van der Waals surface area (Å²) >= 11 is 0. The van der Waals surface area contributed by atoms with Gasteiger partial charge in [0.1, 0.15) is 12.1 Å². The van der Waals surface area contributed by atoms with Crippen LogP contribution < -0.4 is 9.80 Å². The van der Waals surface area contributed by atoms with Crippen LogP contribution in [0.15, 0.2) is 30.6 Å². The lowest BCUT2D eigenvalue weighted by Crippen LogP contribution is -2.47. The molecule has 1 aliphatic rings. The predicted molar refractivity (Wildman–Crippen MR) is 87.4 cm³/mol. The number of nitriles is 1. The molecule has 0 unspecified atom stereocenters. The van der Waals surface area contributed by atoms with Crippen molar-refractivity contribution in [2.45, 2.75) is 13.1 Å². The summed E-state index contributed by atoms with van der Waals surface area (Å²) in [5.74, 6) is 0.781. The molecule has 8 heteroatoms. The van der Waals surface area contributed by atoms with Gasteiger partial charge in [0.15, 0.2) is 0 Å². The van der Waals surface area contributed by atoms with Crippen LogP contribution in [0.4, 0.5) is 24.7 Å². The quantitative estimate of drug-likeness (QED) is 0.836. The summed E-state index contributed by atoms with van der Waals surface area (Å²) in [6.07, 6.45) is -3.01. The number of anilines is 2. The third-order valence-electron chi connectivity index (χ3n) is 4.16. The van der Waals surface area contributed by atoms with Crippen molar-refractivity contribution in [3.63, 3.8) is 0 Å². The Bertz CT molecular complexity index is 805. The molecule has 1 fully saturated rings. The van der Waals surface area contributed by atoms with Gasteiger partial charge in [-0.15, -0.1) is 0 Å². The van der Waals surface area contributed by atoms with Crippen molar-refractivity contribution >= 4 is 11.5 Å². The lowest BCUT2D eigenvalue weighted by molar-refractivity contribution is -0.137. The van der Waals surface area contributed by atoms with E-state index in [0.717, 1.165) is 17.6 Å². The average molecular weight is 347 g/mol. The van der Waals surface area contributed by atoms with Gasteiger partial charge in [-0.2, -0.15) is 18.4 Å². The van der Waals surface area contributed by atoms with Crippen molar-refractivity contribution in [2.75, 3.05) is 36.0 Å². The summed E-state index contributed by atoms with van der Waals surface area (Å²) < 4.78 is 40.0. The van der Waals surface area contributed by atoms with Crippen molar-refractivity contribution in [1.82, 2.24) is 9.97 Å². The molecule has 3 rings (SSSR count). The topological polar surface area (TPSA) is 56.0 Å². The Balaban J connectivity index is 1.80. The Morgan fingerprint density at radius 2 is 1.72 bits per heavy atom. The van der Waals surface area contributed by atoms with Crippen molar-refractivity contribution in [1.29, 1.82) is 5.26 Å². The highest BCUT2D eigenvalue weighted by molar-refractivity contribution is 5.59. The Morgan fingerprint density at radius 1 is 1.04 bits per heavy atom. The summed E-state index contributed by atoms with van der Waals surface area (Å²) in [5, 5.41) is 8.86. The number of alkyl halides is 3. The zero-order valence-electron chi connectivity index (χ0n) is 13.6. The smallest absolute Gasteiger partial charge is 0.367 e. The van der Waals surface area contributed by atoms with Gasteiger partial charge in [0.25, 0.3) is 0 Å². The predicted octanol–water partition coefficient (Wildman–Crippen LogP) is 3.00. The highest BCUT2D eigenvalue weighted by Gasteiger charge is 2.36. The minimum absolute atomic E-state index is 0.00571. The van der Waals surface area contributed by atoms with Crippen LogP contribution in [-0.4, -0.2) is 36.1 Å². The Hall–Kier alpha value is -2.82. The fourth-order valence-electron chi connectivity index (χ4n) is 2.90. The Kier molecular flexibility index (Phi) is 4.49. The molecular weight excluding hydrogens is 331 g/mol. The monoisotopic (exact) mass is 347 g/mol. The normalized spacial score (nSPS) is 15.2. The largest absolute Gasteiger partial charge is 0.418 e. The Labute approximate surface area is 143 Å². The van der Waals surface area contributed by atoms with E-state index in [9.17, 15) is 13.2 Å². The first-order valence-electron chi connectivity index (χ1n) is 7.78. The molecular formula is C17H16F3N5. The third-order valence-corrected chi connectivity index (χ3v) is 4.16. The molecule has 0 saturated carbocycles. The lowest BCUT2D eigenvalue weighted by Gasteiger charge is -2.37. The number of halogens is 3. The second-order valence-corrected chi connectivity index (χ2v) is 5.83. The number of aryl methyl sites for hydroxylation is 1. The van der Waals surface area contributed by atoms with Crippen molar-refractivity contribution in [3.8, 4) is 6.07 Å². The fraction of sp³-hybridized carbons (Fsp3) is 0.353. The lowest BCUT2D eigenvalue weighted by atomic mass is 10.1. The molecule has 0 radical (unpaired) electrons. The molecule has 0 bridgehead atoms. The van der Waals surface area contributed by atoms with Gasteiger partial charge in [-0.25, -0.2) is 9.97 Å². The summed E-state index contributed by atoms with van der Waals surface area (Å²) in [7, 11) is 0. The van der Waals surface area contributed by atoms with Crippen LogP contribution >= 0.6 is 0 Å². The molecule has 25 heavy (non-hydrogen) atoms. The molecule has 2 aromatic rings. The third kappa shape index (κ3) is 3.65. The van der Waals surface area contributed by atoms with Crippen LogP contribution in [-0.2, 0) is 6.18 Å². The number of nitrogens with zero attached hydrogens (tertiary/aromatic N) is 5. The zero-order valence-corrected chi connectivity index (χ0v) is 13.6. The number of piperazine rings is 1. The molecule has 5 nitrogen and oxygen atoms in total. The van der Waals surface area contributed by atoms with Gasteiger partial charge in [0, 0.05) is 43.6 Å². The zero-order chi connectivity index (χ0) is 18.0. The van der Waals surface area contributed by atoms with Crippen LogP contribution in [0.2, 0.25) is 0 Å². The maximum absolute atomic E-state index is 13.3. The standard InChI is InChI=1S/C17H16F3N5/c1-12-8-16(23-11-22-12)25-6-4-24(5-7-25)15-3-2-13(10-21)9-14(15)17(18,19)20/h2-3,8-9,11H,4-7H2,1H3. The molecule has 130 valence electrons. The van der Waals surface area contributed by atoms with E-state index in [2.05, 4.69) is 9.97 Å². The number of rotatable bonds is 2. The van der Waals surface area contributed by atoms with E-state index in [1.807, 2.05) is 17.9 Å². The van der Waals surface area contributed by atoms with E-state index in [4.69, 9.17) is 5.26 Å². The summed E-state index contributed by atoms with van der Waals surface area (Å²) in [6.45, 7) is 3.88. The van der Waals surface area contributed by atoms with Gasteiger partial charge in [0.2, 0.25) is 0 Å². The van der Waals surface area contributed by atoms with Gasteiger partial charge in [-0.05, 0) is 25.1 Å². The highest BCUT2D eigenvalue weighted by Crippen LogP contribution is 2.37. The van der Waals surface area contributed by atoms with E-state index >= 15 is 0 Å². The first-order valence-corrected chi connectivity index (χ1v) is 7.78. The van der Waals surface area contributed by atoms with Crippen molar-refractivity contribution in [2.24, 2.45) is 0 Å². The van der Waals surface area contributed by atoms with Crippen LogP contribution in [0.25, 0.3) is 0 Å². The van der Waals surface area contributed by atoms with Crippen molar-refractivity contribution < 1.29 is 13.2 Å². The van der Waals surface area contributed by atoms with Crippen LogP contribution in [0, 0.1) is 18.3 Å².